The van der Waals surface area contributed by atoms with Crippen LogP contribution in [0.2, 0.25) is 0 Å². The maximum atomic E-state index is 2.41. The fourth-order valence-electron chi connectivity index (χ4n) is 4.59. The number of aromatic nitrogens is 2. The Hall–Kier alpha value is -2.07. The van der Waals surface area contributed by atoms with Gasteiger partial charge in [-0.2, -0.15) is 0 Å². The minimum Gasteiger partial charge on any atom is -1.00 e. The quantitative estimate of drug-likeness (QED) is 0.293. The monoisotopic (exact) mass is 610 g/mol. The molecule has 2 heterocycles. The van der Waals surface area contributed by atoms with E-state index in [9.17, 15) is 0 Å². The van der Waals surface area contributed by atoms with Crippen LogP contribution in [0.3, 0.4) is 0 Å². The number of rotatable bonds is 4. The van der Waals surface area contributed by atoms with Gasteiger partial charge in [-0.15, -0.1) is 0 Å². The van der Waals surface area contributed by atoms with Crippen molar-refractivity contribution in [2.24, 2.45) is 0 Å². The first-order chi connectivity index (χ1) is 14.4. The minimum atomic E-state index is -1.22. The largest absolute Gasteiger partial charge is 1.00 e. The Bertz CT molecular complexity index is 1140. The Morgan fingerprint density at radius 3 is 1.32 bits per heavy atom. The van der Waals surface area contributed by atoms with Crippen LogP contribution in [0.25, 0.3) is 23.5 Å². The number of hydrogen-bond acceptors (Lipinski definition) is 0. The van der Waals surface area contributed by atoms with E-state index in [4.69, 9.17) is 0 Å². The van der Waals surface area contributed by atoms with Crippen LogP contribution in [0.5, 0.6) is 0 Å². The first-order valence-electron chi connectivity index (χ1n) is 10.0. The van der Waals surface area contributed by atoms with Gasteiger partial charge in [0.2, 0.25) is 0 Å². The van der Waals surface area contributed by atoms with Crippen molar-refractivity contribution in [3.05, 3.63) is 120 Å². The molecule has 2 aromatic heterocycles. The van der Waals surface area contributed by atoms with Crippen LogP contribution in [0.15, 0.2) is 97.6 Å². The van der Waals surface area contributed by atoms with Gasteiger partial charge in [0.25, 0.3) is 0 Å². The molecule has 2 aromatic carbocycles. The molecule has 0 fully saturated rings. The average Bonchev–Trinajstić information content (AvgIpc) is 3.55. The summed E-state index contributed by atoms with van der Waals surface area (Å²) < 4.78 is 5.79. The zero-order valence-corrected chi connectivity index (χ0v) is 21.8. The van der Waals surface area contributed by atoms with Crippen molar-refractivity contribution in [2.75, 3.05) is 0 Å². The van der Waals surface area contributed by atoms with Gasteiger partial charge < -0.3 is 24.8 Å². The smallest absolute Gasteiger partial charge is 1.00 e. The third-order valence-corrected chi connectivity index (χ3v) is 12.7. The molecule has 0 bridgehead atoms. The third kappa shape index (κ3) is 3.84. The fourth-order valence-corrected chi connectivity index (χ4v) is 11.9. The topological polar surface area (TPSA) is 9.86 Å². The normalized spacial score (nSPS) is 18.1. The van der Waals surface area contributed by atoms with Crippen LogP contribution in [-0.4, -0.2) is 9.13 Å². The van der Waals surface area contributed by atoms with Crippen LogP contribution in [-0.2, 0) is 22.9 Å². The second-order valence-corrected chi connectivity index (χ2v) is 13.0. The molecule has 4 aromatic rings. The molecular formula is C26H20Cl2HfN2. The summed E-state index contributed by atoms with van der Waals surface area (Å²) in [4.78, 5) is 0. The van der Waals surface area contributed by atoms with E-state index in [0.717, 1.165) is 0 Å². The van der Waals surface area contributed by atoms with E-state index in [1.807, 2.05) is 0 Å². The van der Waals surface area contributed by atoms with Crippen molar-refractivity contribution in [3.63, 3.8) is 0 Å². The summed E-state index contributed by atoms with van der Waals surface area (Å²) in [5.74, 6) is 0. The van der Waals surface area contributed by atoms with Crippen LogP contribution >= 0.6 is 0 Å². The second kappa shape index (κ2) is 9.20. The summed E-state index contributed by atoms with van der Waals surface area (Å²) in [6, 6.07) is 26.5. The molecule has 2 aliphatic carbocycles. The molecule has 152 valence electrons. The maximum Gasteiger partial charge on any atom is -1.00 e. The van der Waals surface area contributed by atoms with Gasteiger partial charge in [0.05, 0.1) is 0 Å². The summed E-state index contributed by atoms with van der Waals surface area (Å²) in [6.45, 7) is 0. The number of benzene rings is 2. The number of halogens is 2. The van der Waals surface area contributed by atoms with Gasteiger partial charge in [-0.25, -0.2) is 0 Å². The number of fused-ring (bicyclic) bond motifs is 2. The average molecular weight is 610 g/mol. The molecule has 0 N–H and O–H groups in total. The molecular weight excluding hydrogens is 590 g/mol. The van der Waals surface area contributed by atoms with Crippen molar-refractivity contribution in [1.82, 2.24) is 9.13 Å². The second-order valence-electron chi connectivity index (χ2n) is 7.61. The van der Waals surface area contributed by atoms with E-state index in [1.54, 1.807) is 0 Å². The Labute approximate surface area is 206 Å². The minimum absolute atomic E-state index is 0. The number of allylic oxidation sites excluding steroid dienone is 2. The van der Waals surface area contributed by atoms with Crippen molar-refractivity contribution < 1.29 is 47.7 Å². The van der Waals surface area contributed by atoms with Gasteiger partial charge in [-0.05, 0) is 0 Å². The van der Waals surface area contributed by atoms with E-state index in [2.05, 4.69) is 119 Å². The van der Waals surface area contributed by atoms with Crippen molar-refractivity contribution in [2.45, 2.75) is 7.35 Å². The van der Waals surface area contributed by atoms with Crippen LogP contribution in [0.1, 0.15) is 29.6 Å². The summed E-state index contributed by atoms with van der Waals surface area (Å²) in [7, 11) is 0. The maximum absolute atomic E-state index is 2.41. The molecule has 2 aliphatic rings. The fraction of sp³-hybridized carbons (Fsp3) is 0.0769. The van der Waals surface area contributed by atoms with Crippen molar-refractivity contribution >= 4 is 23.5 Å². The summed E-state index contributed by atoms with van der Waals surface area (Å²) >= 11 is -1.22. The predicted octanol–water partition coefficient (Wildman–Crippen LogP) is 0.186. The third-order valence-electron chi connectivity index (χ3n) is 5.95. The summed E-state index contributed by atoms with van der Waals surface area (Å²) in [6.07, 6.45) is 13.6. The molecule has 31 heavy (non-hydrogen) atoms. The van der Waals surface area contributed by atoms with E-state index in [-0.39, 0.29) is 24.8 Å². The molecule has 0 amide bonds. The summed E-state index contributed by atoms with van der Waals surface area (Å²) in [5.41, 5.74) is 8.75. The zero-order chi connectivity index (χ0) is 19.2. The molecule has 0 spiro atoms. The van der Waals surface area contributed by atoms with Crippen molar-refractivity contribution in [1.29, 1.82) is 0 Å². The first kappa shape index (κ1) is 22.1. The van der Waals surface area contributed by atoms with Gasteiger partial charge in [0.15, 0.2) is 0 Å². The Morgan fingerprint density at radius 2 is 0.903 bits per heavy atom. The van der Waals surface area contributed by atoms with Gasteiger partial charge in [0, 0.05) is 0 Å². The number of hydrogen-bond donors (Lipinski definition) is 0. The molecule has 0 saturated carbocycles. The zero-order valence-electron chi connectivity index (χ0n) is 16.7. The Balaban J connectivity index is 0.00000116. The van der Waals surface area contributed by atoms with Gasteiger partial charge >= 0.3 is 183 Å². The first-order valence-corrected chi connectivity index (χ1v) is 14.2. The number of nitrogens with zero attached hydrogens (tertiary/aromatic N) is 2. The molecule has 2 nitrogen and oxygen atoms in total. The molecule has 5 heteroatoms. The molecule has 0 aliphatic heterocycles. The Morgan fingerprint density at radius 1 is 0.516 bits per heavy atom. The Kier molecular flexibility index (Phi) is 6.57. The molecule has 0 radical (unpaired) electrons. The molecule has 6 rings (SSSR count). The molecule has 2 unspecified atom stereocenters. The standard InChI is InChI=1S/2C13H10N.2ClH.Hf/c2*1-2-6-12-10-13(9-11(12)5-1)14-7-3-4-8-14;;;/h2*1-10H;2*1H;/q;;;;+2/p-2. The SMILES string of the molecule is C1=C(n2cccc2)[CH]([Hf+2][CH]2C(n3cccc3)=Cc3ccccc32)c2ccccc21.[Cl-].[Cl-]. The van der Waals surface area contributed by atoms with Crippen molar-refractivity contribution in [3.8, 4) is 0 Å². The van der Waals surface area contributed by atoms with E-state index < -0.39 is 22.9 Å². The van der Waals surface area contributed by atoms with Crippen LogP contribution < -0.4 is 24.8 Å². The van der Waals surface area contributed by atoms with Gasteiger partial charge in [0.1, 0.15) is 0 Å². The van der Waals surface area contributed by atoms with Gasteiger partial charge in [-0.1, -0.05) is 0 Å². The molecule has 0 saturated heterocycles. The van der Waals surface area contributed by atoms with E-state index in [0.29, 0.717) is 7.35 Å². The predicted molar refractivity (Wildman–Crippen MR) is 116 cm³/mol. The van der Waals surface area contributed by atoms with Crippen LogP contribution in [0.4, 0.5) is 0 Å². The summed E-state index contributed by atoms with van der Waals surface area (Å²) in [5, 5.41) is 0. The van der Waals surface area contributed by atoms with E-state index in [1.165, 1.54) is 33.6 Å². The molecule has 2 atom stereocenters. The van der Waals surface area contributed by atoms with Gasteiger partial charge in [-0.3, -0.25) is 0 Å². The van der Waals surface area contributed by atoms with E-state index >= 15 is 0 Å². The van der Waals surface area contributed by atoms with Crippen LogP contribution in [0, 0.1) is 0 Å².